The lowest BCUT2D eigenvalue weighted by Gasteiger charge is -2.34. The fourth-order valence-corrected chi connectivity index (χ4v) is 3.99. The van der Waals surface area contributed by atoms with Crippen LogP contribution in [0, 0.1) is 0 Å². The molecule has 7 heteroatoms. The summed E-state index contributed by atoms with van der Waals surface area (Å²) in [5.74, 6) is 1.00. The van der Waals surface area contributed by atoms with Gasteiger partial charge in [0.1, 0.15) is 0 Å². The summed E-state index contributed by atoms with van der Waals surface area (Å²) in [5, 5.41) is 6.79. The number of aliphatic imine (C=N–C) groups is 1. The van der Waals surface area contributed by atoms with Crippen molar-refractivity contribution in [3.05, 3.63) is 35.4 Å². The predicted molar refractivity (Wildman–Crippen MR) is 118 cm³/mol. The van der Waals surface area contributed by atoms with Crippen LogP contribution in [0.15, 0.2) is 29.3 Å². The molecule has 0 aliphatic carbocycles. The average molecular weight is 401 g/mol. The van der Waals surface area contributed by atoms with Crippen LogP contribution in [-0.4, -0.2) is 86.0 Å². The van der Waals surface area contributed by atoms with E-state index in [1.165, 1.54) is 37.1 Å². The highest BCUT2D eigenvalue weighted by molar-refractivity contribution is 5.79. The van der Waals surface area contributed by atoms with E-state index < -0.39 is 0 Å². The first-order valence-corrected chi connectivity index (χ1v) is 10.9. The zero-order valence-corrected chi connectivity index (χ0v) is 18.0. The minimum absolute atomic E-state index is 0.177. The fourth-order valence-electron chi connectivity index (χ4n) is 3.99. The van der Waals surface area contributed by atoms with Crippen LogP contribution in [0.5, 0.6) is 0 Å². The number of likely N-dealkylation sites (tertiary alicyclic amines) is 1. The largest absolute Gasteiger partial charge is 0.355 e. The number of amides is 1. The third-order valence-corrected chi connectivity index (χ3v) is 5.85. The molecule has 0 spiro atoms. The van der Waals surface area contributed by atoms with Crippen LogP contribution in [0.1, 0.15) is 30.9 Å². The smallest absolute Gasteiger partial charge is 0.219 e. The number of nitrogens with zero attached hydrogens (tertiary/aromatic N) is 4. The number of hydrogen-bond acceptors (Lipinski definition) is 4. The van der Waals surface area contributed by atoms with Crippen molar-refractivity contribution in [2.45, 2.75) is 32.9 Å². The van der Waals surface area contributed by atoms with Crippen LogP contribution >= 0.6 is 0 Å². The number of piperazine rings is 1. The molecule has 2 heterocycles. The highest BCUT2D eigenvalue weighted by atomic mass is 16.2. The Balaban J connectivity index is 1.33. The SMILES string of the molecule is CN=C(NCCN1CCN(C(C)=O)CC1)NCc1ccc(CN2CCCC2)cc1. The highest BCUT2D eigenvalue weighted by Gasteiger charge is 2.18. The molecule has 0 bridgehead atoms. The van der Waals surface area contributed by atoms with E-state index in [4.69, 9.17) is 0 Å². The molecule has 2 aliphatic heterocycles. The Morgan fingerprint density at radius 2 is 1.59 bits per heavy atom. The molecule has 2 fully saturated rings. The Hall–Kier alpha value is -2.12. The quantitative estimate of drug-likeness (QED) is 0.530. The maximum absolute atomic E-state index is 11.4. The number of carbonyl (C=O) groups excluding carboxylic acids is 1. The molecular formula is C22H36N6O. The van der Waals surface area contributed by atoms with Gasteiger partial charge in [-0.05, 0) is 37.1 Å². The Morgan fingerprint density at radius 1 is 0.931 bits per heavy atom. The topological polar surface area (TPSA) is 63.2 Å². The maximum atomic E-state index is 11.4. The summed E-state index contributed by atoms with van der Waals surface area (Å²) in [6, 6.07) is 8.90. The summed E-state index contributed by atoms with van der Waals surface area (Å²) in [5.41, 5.74) is 2.65. The van der Waals surface area contributed by atoms with Crippen molar-refractivity contribution < 1.29 is 4.79 Å². The normalized spacial score (nSPS) is 18.8. The van der Waals surface area contributed by atoms with Crippen molar-refractivity contribution in [3.63, 3.8) is 0 Å². The number of carbonyl (C=O) groups is 1. The van der Waals surface area contributed by atoms with Crippen LogP contribution in [0.2, 0.25) is 0 Å². The summed E-state index contributed by atoms with van der Waals surface area (Å²) in [6.45, 7) is 11.3. The molecule has 2 N–H and O–H groups in total. The van der Waals surface area contributed by atoms with Crippen molar-refractivity contribution in [3.8, 4) is 0 Å². The van der Waals surface area contributed by atoms with Crippen molar-refractivity contribution in [1.29, 1.82) is 0 Å². The van der Waals surface area contributed by atoms with Crippen molar-refractivity contribution in [2.75, 3.05) is 59.4 Å². The summed E-state index contributed by atoms with van der Waals surface area (Å²) in [4.78, 5) is 22.6. The van der Waals surface area contributed by atoms with Gasteiger partial charge in [-0.1, -0.05) is 24.3 Å². The molecule has 1 aromatic rings. The zero-order valence-electron chi connectivity index (χ0n) is 18.0. The van der Waals surface area contributed by atoms with E-state index in [0.29, 0.717) is 0 Å². The Bertz CT molecular complexity index is 660. The molecule has 0 unspecified atom stereocenters. The number of hydrogen-bond donors (Lipinski definition) is 2. The minimum atomic E-state index is 0.177. The molecule has 0 atom stereocenters. The van der Waals surface area contributed by atoms with Gasteiger partial charge in [0.05, 0.1) is 0 Å². The van der Waals surface area contributed by atoms with E-state index in [-0.39, 0.29) is 5.91 Å². The van der Waals surface area contributed by atoms with Crippen LogP contribution in [0.4, 0.5) is 0 Å². The number of guanidine groups is 1. The molecule has 0 radical (unpaired) electrons. The molecule has 1 aromatic carbocycles. The Kier molecular flexibility index (Phi) is 8.31. The lowest BCUT2D eigenvalue weighted by Crippen LogP contribution is -2.50. The monoisotopic (exact) mass is 400 g/mol. The lowest BCUT2D eigenvalue weighted by molar-refractivity contribution is -0.130. The molecule has 29 heavy (non-hydrogen) atoms. The van der Waals surface area contributed by atoms with Gasteiger partial charge in [-0.15, -0.1) is 0 Å². The van der Waals surface area contributed by atoms with Gasteiger partial charge in [-0.25, -0.2) is 0 Å². The fraction of sp³-hybridized carbons (Fsp3) is 0.636. The lowest BCUT2D eigenvalue weighted by atomic mass is 10.1. The molecule has 2 aliphatic rings. The molecule has 1 amide bonds. The number of nitrogens with one attached hydrogen (secondary N) is 2. The number of benzene rings is 1. The Morgan fingerprint density at radius 3 is 2.21 bits per heavy atom. The van der Waals surface area contributed by atoms with Gasteiger partial charge in [-0.3, -0.25) is 19.6 Å². The maximum Gasteiger partial charge on any atom is 0.219 e. The number of rotatable bonds is 7. The van der Waals surface area contributed by atoms with Crippen molar-refractivity contribution in [1.82, 2.24) is 25.3 Å². The predicted octanol–water partition coefficient (Wildman–Crippen LogP) is 1.11. The van der Waals surface area contributed by atoms with Gasteiger partial charge >= 0.3 is 0 Å². The second kappa shape index (κ2) is 11.2. The molecule has 7 nitrogen and oxygen atoms in total. The van der Waals surface area contributed by atoms with Gasteiger partial charge in [0.25, 0.3) is 0 Å². The summed E-state index contributed by atoms with van der Waals surface area (Å²) in [6.07, 6.45) is 2.67. The third kappa shape index (κ3) is 7.01. The van der Waals surface area contributed by atoms with Crippen LogP contribution < -0.4 is 10.6 Å². The molecule has 2 saturated heterocycles. The van der Waals surface area contributed by atoms with Gasteiger partial charge in [0.2, 0.25) is 5.91 Å². The first-order valence-electron chi connectivity index (χ1n) is 10.9. The van der Waals surface area contributed by atoms with Gasteiger partial charge in [0.15, 0.2) is 5.96 Å². The van der Waals surface area contributed by atoms with Crippen molar-refractivity contribution in [2.24, 2.45) is 4.99 Å². The molecular weight excluding hydrogens is 364 g/mol. The average Bonchev–Trinajstić information content (AvgIpc) is 3.25. The van der Waals surface area contributed by atoms with Gasteiger partial charge in [0, 0.05) is 66.3 Å². The second-order valence-electron chi connectivity index (χ2n) is 8.00. The summed E-state index contributed by atoms with van der Waals surface area (Å²) in [7, 11) is 1.81. The summed E-state index contributed by atoms with van der Waals surface area (Å²) >= 11 is 0. The molecule has 160 valence electrons. The minimum Gasteiger partial charge on any atom is -0.355 e. The molecule has 0 saturated carbocycles. The van der Waals surface area contributed by atoms with E-state index in [1.807, 2.05) is 4.90 Å². The molecule has 0 aromatic heterocycles. The highest BCUT2D eigenvalue weighted by Crippen LogP contribution is 2.13. The van der Waals surface area contributed by atoms with Gasteiger partial charge in [-0.2, -0.15) is 0 Å². The van der Waals surface area contributed by atoms with E-state index in [2.05, 4.69) is 49.7 Å². The second-order valence-corrected chi connectivity index (χ2v) is 8.00. The van der Waals surface area contributed by atoms with E-state index in [0.717, 1.165) is 58.3 Å². The molecule has 3 rings (SSSR count). The van der Waals surface area contributed by atoms with E-state index >= 15 is 0 Å². The van der Waals surface area contributed by atoms with Crippen LogP contribution in [-0.2, 0) is 17.9 Å². The van der Waals surface area contributed by atoms with E-state index in [1.54, 1.807) is 14.0 Å². The van der Waals surface area contributed by atoms with Crippen LogP contribution in [0.25, 0.3) is 0 Å². The zero-order chi connectivity index (χ0) is 20.5. The standard InChI is InChI=1S/C22H36N6O/c1-19(29)28-15-13-26(14-16-28)12-9-24-22(23-2)25-17-20-5-7-21(8-6-20)18-27-10-3-4-11-27/h5-8H,3-4,9-18H2,1-2H3,(H2,23,24,25). The van der Waals surface area contributed by atoms with Crippen molar-refractivity contribution >= 4 is 11.9 Å². The first kappa shape index (κ1) is 21.6. The third-order valence-electron chi connectivity index (χ3n) is 5.85. The first-order chi connectivity index (χ1) is 14.1. The summed E-state index contributed by atoms with van der Waals surface area (Å²) < 4.78 is 0. The van der Waals surface area contributed by atoms with E-state index in [9.17, 15) is 4.79 Å². The van der Waals surface area contributed by atoms with Crippen LogP contribution in [0.3, 0.4) is 0 Å². The Labute approximate surface area is 175 Å². The van der Waals surface area contributed by atoms with Gasteiger partial charge < -0.3 is 15.5 Å².